The van der Waals surface area contributed by atoms with Crippen molar-refractivity contribution in [3.63, 3.8) is 0 Å². The lowest BCUT2D eigenvalue weighted by Gasteiger charge is -2.18. The van der Waals surface area contributed by atoms with Gasteiger partial charge in [0.1, 0.15) is 5.75 Å². The zero-order chi connectivity index (χ0) is 14.2. The Balaban J connectivity index is 2.57. The summed E-state index contributed by atoms with van der Waals surface area (Å²) >= 11 is 3.15. The van der Waals surface area contributed by atoms with Gasteiger partial charge < -0.3 is 4.74 Å². The fourth-order valence-electron chi connectivity index (χ4n) is 1.51. The molecule has 1 atom stereocenters. The maximum Gasteiger partial charge on any atom is 0.425 e. The zero-order valence-corrected chi connectivity index (χ0v) is 11.2. The predicted molar refractivity (Wildman–Crippen MR) is 66.2 cm³/mol. The van der Waals surface area contributed by atoms with Crippen LogP contribution in [0.15, 0.2) is 27.6 Å². The summed E-state index contributed by atoms with van der Waals surface area (Å²) in [4.78, 5) is 11.6. The number of benzene rings is 1. The molecule has 0 aliphatic rings. The second-order valence-corrected chi connectivity index (χ2v) is 4.78. The Morgan fingerprint density at radius 1 is 1.42 bits per heavy atom. The van der Waals surface area contributed by atoms with Crippen LogP contribution in [-0.2, 0) is 0 Å². The summed E-state index contributed by atoms with van der Waals surface area (Å²) in [6.45, 7) is 0.877. The van der Waals surface area contributed by atoms with E-state index in [-0.39, 0.29) is 11.1 Å². The third kappa shape index (κ3) is 2.89. The van der Waals surface area contributed by atoms with Crippen LogP contribution in [0.2, 0.25) is 0 Å². The summed E-state index contributed by atoms with van der Waals surface area (Å²) < 4.78 is 42.9. The standard InChI is InChI=1S/C11H8BrF3N2O2/c1-5(11(13,14)15)19-8-3-7(12)2-6-4-16-17-10(18)9(6)8/h2-5H,1H3,(H,17,18). The van der Waals surface area contributed by atoms with E-state index in [1.165, 1.54) is 12.3 Å². The van der Waals surface area contributed by atoms with Gasteiger partial charge in [-0.15, -0.1) is 0 Å². The van der Waals surface area contributed by atoms with E-state index < -0.39 is 17.8 Å². The molecule has 102 valence electrons. The zero-order valence-electron chi connectivity index (χ0n) is 9.58. The maximum absolute atomic E-state index is 12.5. The number of aromatic nitrogens is 2. The van der Waals surface area contributed by atoms with Crippen LogP contribution in [0.25, 0.3) is 10.8 Å². The molecule has 0 saturated carbocycles. The number of hydrogen-bond donors (Lipinski definition) is 1. The van der Waals surface area contributed by atoms with E-state index in [9.17, 15) is 18.0 Å². The SMILES string of the molecule is CC(Oc1cc(Br)cc2cn[nH]c(=O)c12)C(F)(F)F. The number of hydrogen-bond acceptors (Lipinski definition) is 3. The molecule has 19 heavy (non-hydrogen) atoms. The fourth-order valence-corrected chi connectivity index (χ4v) is 1.97. The van der Waals surface area contributed by atoms with Gasteiger partial charge >= 0.3 is 6.18 Å². The number of nitrogens with one attached hydrogen (secondary N) is 1. The lowest BCUT2D eigenvalue weighted by molar-refractivity contribution is -0.189. The number of halogens is 4. The Hall–Kier alpha value is -1.57. The summed E-state index contributed by atoms with van der Waals surface area (Å²) in [6.07, 6.45) is -5.18. The van der Waals surface area contributed by atoms with E-state index in [1.54, 1.807) is 6.07 Å². The van der Waals surface area contributed by atoms with Gasteiger partial charge in [0.25, 0.3) is 5.56 Å². The molecule has 4 nitrogen and oxygen atoms in total. The van der Waals surface area contributed by atoms with Gasteiger partial charge in [0, 0.05) is 9.86 Å². The van der Waals surface area contributed by atoms with Gasteiger partial charge in [-0.1, -0.05) is 15.9 Å². The summed E-state index contributed by atoms with van der Waals surface area (Å²) in [5.74, 6) is -0.141. The van der Waals surface area contributed by atoms with Gasteiger partial charge in [-0.05, 0) is 19.1 Å². The molecule has 0 aliphatic heterocycles. The number of aromatic amines is 1. The van der Waals surface area contributed by atoms with E-state index in [0.29, 0.717) is 9.86 Å². The number of alkyl halides is 3. The Kier molecular flexibility index (Phi) is 3.53. The van der Waals surface area contributed by atoms with Crippen LogP contribution >= 0.6 is 15.9 Å². The highest BCUT2D eigenvalue weighted by molar-refractivity contribution is 9.10. The van der Waals surface area contributed by atoms with Crippen molar-refractivity contribution in [1.29, 1.82) is 0 Å². The topological polar surface area (TPSA) is 55.0 Å². The number of fused-ring (bicyclic) bond motifs is 1. The Morgan fingerprint density at radius 3 is 2.74 bits per heavy atom. The first kappa shape index (κ1) is 13.9. The van der Waals surface area contributed by atoms with Crippen LogP contribution in [-0.4, -0.2) is 22.5 Å². The Labute approximate surface area is 113 Å². The highest BCUT2D eigenvalue weighted by atomic mass is 79.9. The van der Waals surface area contributed by atoms with Gasteiger partial charge in [0.15, 0.2) is 6.10 Å². The molecular formula is C11H8BrF3N2O2. The largest absolute Gasteiger partial charge is 0.480 e. The molecular weight excluding hydrogens is 329 g/mol. The van der Waals surface area contributed by atoms with Crippen LogP contribution < -0.4 is 10.3 Å². The highest BCUT2D eigenvalue weighted by Crippen LogP contribution is 2.31. The molecule has 1 heterocycles. The van der Waals surface area contributed by atoms with Gasteiger partial charge in [-0.25, -0.2) is 5.10 Å². The highest BCUT2D eigenvalue weighted by Gasteiger charge is 2.38. The Morgan fingerprint density at radius 2 is 2.11 bits per heavy atom. The lowest BCUT2D eigenvalue weighted by Crippen LogP contribution is -2.31. The summed E-state index contributed by atoms with van der Waals surface area (Å²) in [7, 11) is 0. The third-order valence-corrected chi connectivity index (χ3v) is 2.92. The Bertz CT molecular complexity index is 669. The van der Waals surface area contributed by atoms with Crippen LogP contribution in [0.4, 0.5) is 13.2 Å². The van der Waals surface area contributed by atoms with Crippen molar-refractivity contribution >= 4 is 26.7 Å². The van der Waals surface area contributed by atoms with Crippen LogP contribution in [0.3, 0.4) is 0 Å². The summed E-state index contributed by atoms with van der Waals surface area (Å²) in [5, 5.41) is 6.18. The van der Waals surface area contributed by atoms with Gasteiger partial charge in [-0.3, -0.25) is 4.79 Å². The van der Waals surface area contributed by atoms with Crippen molar-refractivity contribution in [1.82, 2.24) is 10.2 Å². The summed E-state index contributed by atoms with van der Waals surface area (Å²) in [6, 6.07) is 2.89. The monoisotopic (exact) mass is 336 g/mol. The molecule has 1 aromatic heterocycles. The van der Waals surface area contributed by atoms with Crippen molar-refractivity contribution in [3.8, 4) is 5.75 Å². The quantitative estimate of drug-likeness (QED) is 0.917. The second kappa shape index (κ2) is 4.84. The average Bonchev–Trinajstić information content (AvgIpc) is 2.26. The van der Waals surface area contributed by atoms with Gasteiger partial charge in [0.2, 0.25) is 0 Å². The number of nitrogens with zero attached hydrogens (tertiary/aromatic N) is 1. The second-order valence-electron chi connectivity index (χ2n) is 3.87. The molecule has 0 bridgehead atoms. The average molecular weight is 337 g/mol. The molecule has 0 radical (unpaired) electrons. The van der Waals surface area contributed by atoms with Crippen molar-refractivity contribution in [3.05, 3.63) is 33.2 Å². The molecule has 2 rings (SSSR count). The first-order valence-corrected chi connectivity index (χ1v) is 5.98. The molecule has 0 amide bonds. The van der Waals surface area contributed by atoms with E-state index >= 15 is 0 Å². The molecule has 1 N–H and O–H groups in total. The molecule has 0 saturated heterocycles. The summed E-state index contributed by atoms with van der Waals surface area (Å²) in [5.41, 5.74) is -0.602. The molecule has 2 aromatic rings. The fraction of sp³-hybridized carbons (Fsp3) is 0.273. The van der Waals surface area contributed by atoms with Crippen molar-refractivity contribution in [2.75, 3.05) is 0 Å². The third-order valence-electron chi connectivity index (χ3n) is 2.46. The molecule has 1 unspecified atom stereocenters. The number of rotatable bonds is 2. The number of H-pyrrole nitrogens is 1. The minimum Gasteiger partial charge on any atom is -0.480 e. The smallest absolute Gasteiger partial charge is 0.425 e. The molecule has 0 aliphatic carbocycles. The van der Waals surface area contributed by atoms with Crippen molar-refractivity contribution in [2.45, 2.75) is 19.2 Å². The molecule has 0 fully saturated rings. The molecule has 1 aromatic carbocycles. The first-order valence-electron chi connectivity index (χ1n) is 5.19. The maximum atomic E-state index is 12.5. The number of ether oxygens (including phenoxy) is 1. The normalized spacial score (nSPS) is 13.5. The predicted octanol–water partition coefficient (Wildman–Crippen LogP) is 3.02. The van der Waals surface area contributed by atoms with Crippen molar-refractivity contribution in [2.24, 2.45) is 0 Å². The van der Waals surface area contributed by atoms with Gasteiger partial charge in [0.05, 0.1) is 11.6 Å². The van der Waals surface area contributed by atoms with Gasteiger partial charge in [-0.2, -0.15) is 18.3 Å². The minimum atomic E-state index is -4.51. The molecule has 8 heteroatoms. The van der Waals surface area contributed by atoms with E-state index in [2.05, 4.69) is 26.1 Å². The first-order chi connectivity index (χ1) is 8.79. The van der Waals surface area contributed by atoms with E-state index in [4.69, 9.17) is 4.74 Å². The minimum absolute atomic E-state index is 0.0364. The van der Waals surface area contributed by atoms with E-state index in [0.717, 1.165) is 6.92 Å². The van der Waals surface area contributed by atoms with E-state index in [1.807, 2.05) is 0 Å². The van der Waals surface area contributed by atoms with Crippen LogP contribution in [0.5, 0.6) is 5.75 Å². The molecule has 0 spiro atoms. The lowest BCUT2D eigenvalue weighted by atomic mass is 10.2. The van der Waals surface area contributed by atoms with Crippen molar-refractivity contribution < 1.29 is 17.9 Å². The van der Waals surface area contributed by atoms with Crippen LogP contribution in [0.1, 0.15) is 6.92 Å². The van der Waals surface area contributed by atoms with Crippen LogP contribution in [0, 0.1) is 0 Å².